The second-order valence-electron chi connectivity index (χ2n) is 5.77. The van der Waals surface area contributed by atoms with Gasteiger partial charge in [0.25, 0.3) is 0 Å². The summed E-state index contributed by atoms with van der Waals surface area (Å²) in [4.78, 5) is 4.02. The fraction of sp³-hybridized carbons (Fsp3) is 0.263. The Morgan fingerprint density at radius 2 is 1.64 bits per heavy atom. The lowest BCUT2D eigenvalue weighted by atomic mass is 10.2. The molecule has 0 bridgehead atoms. The number of rotatable bonds is 4. The summed E-state index contributed by atoms with van der Waals surface area (Å²) >= 11 is 0. The molecule has 0 radical (unpaired) electrons. The van der Waals surface area contributed by atoms with Crippen molar-refractivity contribution in [3.8, 4) is 5.75 Å². The zero-order valence-corrected chi connectivity index (χ0v) is 12.8. The fourth-order valence-electron chi connectivity index (χ4n) is 2.87. The van der Waals surface area contributed by atoms with Gasteiger partial charge in [-0.2, -0.15) is 0 Å². The molecule has 22 heavy (non-hydrogen) atoms. The number of hydrogen-bond donors (Lipinski definition) is 2. The van der Waals surface area contributed by atoms with Gasteiger partial charge in [0.1, 0.15) is 5.75 Å². The number of anilines is 1. The van der Waals surface area contributed by atoms with Crippen molar-refractivity contribution in [3.63, 3.8) is 0 Å². The average Bonchev–Trinajstić information content (AvgIpc) is 2.57. The Morgan fingerprint density at radius 1 is 0.955 bits per heavy atom. The van der Waals surface area contributed by atoms with Gasteiger partial charge in [-0.1, -0.05) is 36.4 Å². The van der Waals surface area contributed by atoms with Crippen molar-refractivity contribution in [1.82, 2.24) is 0 Å². The van der Waals surface area contributed by atoms with Gasteiger partial charge in [0.05, 0.1) is 32.7 Å². The molecule has 3 nitrogen and oxygen atoms in total. The lowest BCUT2D eigenvalue weighted by Gasteiger charge is -2.33. The second kappa shape index (κ2) is 7.14. The van der Waals surface area contributed by atoms with Crippen LogP contribution in [0, 0.1) is 0 Å². The summed E-state index contributed by atoms with van der Waals surface area (Å²) in [5, 5.41) is 9.36. The Balaban J connectivity index is 1.47. The van der Waals surface area contributed by atoms with E-state index in [1.807, 2.05) is 18.2 Å². The molecule has 2 aromatic rings. The molecular formula is C19H23N2O+. The van der Waals surface area contributed by atoms with Crippen LogP contribution in [0.25, 0.3) is 6.08 Å². The van der Waals surface area contributed by atoms with Crippen molar-refractivity contribution in [2.24, 2.45) is 0 Å². The van der Waals surface area contributed by atoms with E-state index in [1.165, 1.54) is 11.3 Å². The van der Waals surface area contributed by atoms with Gasteiger partial charge >= 0.3 is 0 Å². The van der Waals surface area contributed by atoms with Crippen molar-refractivity contribution in [3.05, 3.63) is 66.2 Å². The van der Waals surface area contributed by atoms with Crippen molar-refractivity contribution >= 4 is 11.8 Å². The number of hydrogen-bond acceptors (Lipinski definition) is 2. The van der Waals surface area contributed by atoms with E-state index < -0.39 is 0 Å². The van der Waals surface area contributed by atoms with E-state index in [2.05, 4.69) is 41.3 Å². The highest BCUT2D eigenvalue weighted by molar-refractivity contribution is 5.49. The van der Waals surface area contributed by atoms with Gasteiger partial charge in [-0.3, -0.25) is 0 Å². The highest BCUT2D eigenvalue weighted by Gasteiger charge is 2.18. The number of piperazine rings is 1. The van der Waals surface area contributed by atoms with Gasteiger partial charge in [-0.25, -0.2) is 0 Å². The molecule has 0 atom stereocenters. The Kier molecular flexibility index (Phi) is 4.76. The maximum Gasteiger partial charge on any atom is 0.115 e. The predicted molar refractivity (Wildman–Crippen MR) is 91.4 cm³/mol. The number of nitrogens with one attached hydrogen (secondary N) is 1. The molecule has 0 unspecified atom stereocenters. The van der Waals surface area contributed by atoms with E-state index in [9.17, 15) is 5.11 Å². The molecule has 0 spiro atoms. The van der Waals surface area contributed by atoms with E-state index >= 15 is 0 Å². The third kappa shape index (κ3) is 3.89. The first-order valence-electron chi connectivity index (χ1n) is 7.90. The fourth-order valence-corrected chi connectivity index (χ4v) is 2.87. The Labute approximate surface area is 132 Å². The van der Waals surface area contributed by atoms with Crippen molar-refractivity contribution < 1.29 is 10.0 Å². The van der Waals surface area contributed by atoms with Gasteiger partial charge in [0.2, 0.25) is 0 Å². The summed E-state index contributed by atoms with van der Waals surface area (Å²) in [5.41, 5.74) is 2.47. The molecule has 1 fully saturated rings. The van der Waals surface area contributed by atoms with Crippen LogP contribution in [0.4, 0.5) is 5.69 Å². The molecule has 3 heteroatoms. The monoisotopic (exact) mass is 295 g/mol. The zero-order valence-electron chi connectivity index (χ0n) is 12.8. The minimum absolute atomic E-state index is 0.332. The number of benzene rings is 2. The average molecular weight is 295 g/mol. The molecule has 2 aromatic carbocycles. The van der Waals surface area contributed by atoms with Crippen LogP contribution in [0.3, 0.4) is 0 Å². The summed E-state index contributed by atoms with van der Waals surface area (Å²) in [5.74, 6) is 0.332. The highest BCUT2D eigenvalue weighted by atomic mass is 16.3. The van der Waals surface area contributed by atoms with Crippen LogP contribution in [0.2, 0.25) is 0 Å². The molecule has 0 aromatic heterocycles. The number of quaternary nitrogens is 1. The number of phenolic OH excluding ortho intramolecular Hbond substituents is 1. The summed E-state index contributed by atoms with van der Waals surface area (Å²) in [6.07, 6.45) is 4.49. The van der Waals surface area contributed by atoms with Crippen LogP contribution in [-0.4, -0.2) is 37.8 Å². The van der Waals surface area contributed by atoms with Crippen LogP contribution in [-0.2, 0) is 0 Å². The van der Waals surface area contributed by atoms with Crippen LogP contribution in [0.1, 0.15) is 5.56 Å². The van der Waals surface area contributed by atoms with Crippen molar-refractivity contribution in [1.29, 1.82) is 0 Å². The molecule has 1 aliphatic heterocycles. The van der Waals surface area contributed by atoms with E-state index in [-0.39, 0.29) is 0 Å². The minimum atomic E-state index is 0.332. The minimum Gasteiger partial charge on any atom is -0.508 e. The summed E-state index contributed by atoms with van der Waals surface area (Å²) in [6, 6.07) is 18.0. The molecule has 0 aliphatic carbocycles. The van der Waals surface area contributed by atoms with Gasteiger partial charge in [0, 0.05) is 5.69 Å². The van der Waals surface area contributed by atoms with E-state index in [0.717, 1.165) is 32.7 Å². The summed E-state index contributed by atoms with van der Waals surface area (Å²) in [7, 11) is 0. The van der Waals surface area contributed by atoms with E-state index in [4.69, 9.17) is 0 Å². The van der Waals surface area contributed by atoms with Crippen LogP contribution < -0.4 is 9.80 Å². The van der Waals surface area contributed by atoms with Gasteiger partial charge < -0.3 is 14.9 Å². The topological polar surface area (TPSA) is 27.9 Å². The Hall–Kier alpha value is -2.26. The first-order valence-corrected chi connectivity index (χ1v) is 7.90. The smallest absolute Gasteiger partial charge is 0.115 e. The van der Waals surface area contributed by atoms with Crippen molar-refractivity contribution in [2.75, 3.05) is 37.6 Å². The second-order valence-corrected chi connectivity index (χ2v) is 5.77. The summed E-state index contributed by atoms with van der Waals surface area (Å²) in [6.45, 7) is 5.52. The first kappa shape index (κ1) is 14.7. The maximum atomic E-state index is 9.36. The lowest BCUT2D eigenvalue weighted by Crippen LogP contribution is -3.14. The molecule has 1 heterocycles. The van der Waals surface area contributed by atoms with Gasteiger partial charge in [-0.05, 0) is 35.9 Å². The number of nitrogens with zero attached hydrogens (tertiary/aromatic N) is 1. The molecule has 1 aliphatic rings. The quantitative estimate of drug-likeness (QED) is 0.900. The van der Waals surface area contributed by atoms with Crippen molar-refractivity contribution in [2.45, 2.75) is 0 Å². The SMILES string of the molecule is Oc1ccc(N2CC[NH+](C/C=C/c3ccccc3)CC2)cc1. The highest BCUT2D eigenvalue weighted by Crippen LogP contribution is 2.18. The van der Waals surface area contributed by atoms with Crippen LogP contribution in [0.15, 0.2) is 60.7 Å². The first-order chi connectivity index (χ1) is 10.8. The predicted octanol–water partition coefficient (Wildman–Crippen LogP) is 1.81. The third-order valence-electron chi connectivity index (χ3n) is 4.20. The lowest BCUT2D eigenvalue weighted by molar-refractivity contribution is -0.894. The number of phenols is 1. The molecule has 3 rings (SSSR count). The molecule has 0 amide bonds. The van der Waals surface area contributed by atoms with Gasteiger partial charge in [-0.15, -0.1) is 0 Å². The molecule has 2 N–H and O–H groups in total. The molecule has 0 saturated carbocycles. The Bertz CT molecular complexity index is 599. The van der Waals surface area contributed by atoms with E-state index in [0.29, 0.717) is 5.75 Å². The molecule has 1 saturated heterocycles. The standard InChI is InChI=1S/C19H22N2O/c22-19-10-8-18(9-11-19)21-15-13-20(14-16-21)12-4-7-17-5-2-1-3-6-17/h1-11,22H,12-16H2/p+1/b7-4+. The Morgan fingerprint density at radius 3 is 2.32 bits per heavy atom. The summed E-state index contributed by atoms with van der Waals surface area (Å²) < 4.78 is 0. The number of aromatic hydroxyl groups is 1. The normalized spacial score (nSPS) is 16.3. The van der Waals surface area contributed by atoms with Gasteiger partial charge in [0.15, 0.2) is 0 Å². The van der Waals surface area contributed by atoms with Crippen LogP contribution in [0.5, 0.6) is 5.75 Å². The van der Waals surface area contributed by atoms with E-state index in [1.54, 1.807) is 17.0 Å². The zero-order chi connectivity index (χ0) is 15.2. The molecular weight excluding hydrogens is 272 g/mol. The third-order valence-corrected chi connectivity index (χ3v) is 4.20. The van der Waals surface area contributed by atoms with Crippen LogP contribution >= 0.6 is 0 Å². The largest absolute Gasteiger partial charge is 0.508 e. The maximum absolute atomic E-state index is 9.36. The molecule has 114 valence electrons.